The van der Waals surface area contributed by atoms with Crippen LogP contribution in [0.25, 0.3) is 0 Å². The first kappa shape index (κ1) is 21.0. The van der Waals surface area contributed by atoms with E-state index in [-0.39, 0.29) is 18.4 Å². The number of nitrogens with one attached hydrogen (secondary N) is 2. The number of nitrogens with zero attached hydrogens (tertiary/aromatic N) is 2. The summed E-state index contributed by atoms with van der Waals surface area (Å²) in [6.07, 6.45) is 1.33. The molecule has 2 aliphatic rings. The molecule has 1 spiro atoms. The van der Waals surface area contributed by atoms with Crippen molar-refractivity contribution in [2.24, 2.45) is 4.99 Å². The Balaban J connectivity index is 1.36. The third kappa shape index (κ3) is 4.58. The fraction of sp³-hybridized carbons (Fsp3) is 0.318. The number of likely N-dealkylation sites (tertiary alicyclic amines) is 1. The molecule has 1 saturated heterocycles. The Morgan fingerprint density at radius 1 is 1.23 bits per heavy atom. The van der Waals surface area contributed by atoms with Gasteiger partial charge >= 0.3 is 0 Å². The second-order valence-corrected chi connectivity index (χ2v) is 9.08. The number of hydrogen-bond donors (Lipinski definition) is 2. The van der Waals surface area contributed by atoms with Crippen molar-refractivity contribution in [3.05, 3.63) is 63.1 Å². The standard InChI is InChI=1S/C22H22BrClN4O2/c1-14-2-7-18(17(24)12-14)25-19(29)13-28-10-8-22(9-11-28)26-20(21(30)27-22)15-3-5-16(23)6-4-15/h2-7,12H,8-11,13H2,1H3,(H,25,29)(H,27,30). The highest BCUT2D eigenvalue weighted by Gasteiger charge is 2.42. The van der Waals surface area contributed by atoms with E-state index in [2.05, 4.69) is 31.5 Å². The Kier molecular flexibility index (Phi) is 5.95. The van der Waals surface area contributed by atoms with Crippen molar-refractivity contribution in [3.8, 4) is 0 Å². The molecule has 1 fully saturated rings. The summed E-state index contributed by atoms with van der Waals surface area (Å²) in [5.74, 6) is -0.247. The van der Waals surface area contributed by atoms with Gasteiger partial charge in [-0.1, -0.05) is 45.7 Å². The molecular weight excluding hydrogens is 468 g/mol. The zero-order valence-corrected chi connectivity index (χ0v) is 18.9. The van der Waals surface area contributed by atoms with Gasteiger partial charge in [0.1, 0.15) is 11.4 Å². The quantitative estimate of drug-likeness (QED) is 0.687. The van der Waals surface area contributed by atoms with Crippen molar-refractivity contribution in [2.45, 2.75) is 25.4 Å². The molecule has 6 nitrogen and oxygen atoms in total. The Labute approximate surface area is 188 Å². The first-order chi connectivity index (χ1) is 14.3. The van der Waals surface area contributed by atoms with Crippen LogP contribution in [0.5, 0.6) is 0 Å². The number of amides is 2. The molecule has 0 aromatic heterocycles. The Morgan fingerprint density at radius 2 is 1.93 bits per heavy atom. The maximum Gasteiger partial charge on any atom is 0.272 e. The van der Waals surface area contributed by atoms with E-state index in [4.69, 9.17) is 16.6 Å². The molecule has 2 aromatic rings. The van der Waals surface area contributed by atoms with Gasteiger partial charge < -0.3 is 10.6 Å². The van der Waals surface area contributed by atoms with E-state index in [0.29, 0.717) is 42.4 Å². The molecule has 0 unspecified atom stereocenters. The number of hydrogen-bond acceptors (Lipinski definition) is 4. The smallest absolute Gasteiger partial charge is 0.272 e. The highest BCUT2D eigenvalue weighted by molar-refractivity contribution is 9.10. The van der Waals surface area contributed by atoms with Crippen LogP contribution >= 0.6 is 27.5 Å². The topological polar surface area (TPSA) is 73.8 Å². The van der Waals surface area contributed by atoms with Gasteiger partial charge in [0.2, 0.25) is 5.91 Å². The number of piperidine rings is 1. The van der Waals surface area contributed by atoms with Gasteiger partial charge in [0.15, 0.2) is 0 Å². The third-order valence-corrected chi connectivity index (χ3v) is 6.30. The van der Waals surface area contributed by atoms with Gasteiger partial charge in [-0.3, -0.25) is 19.5 Å². The predicted molar refractivity (Wildman–Crippen MR) is 122 cm³/mol. The molecule has 0 aliphatic carbocycles. The number of carbonyl (C=O) groups is 2. The third-order valence-electron chi connectivity index (χ3n) is 5.45. The van der Waals surface area contributed by atoms with E-state index >= 15 is 0 Å². The van der Waals surface area contributed by atoms with E-state index in [9.17, 15) is 9.59 Å². The van der Waals surface area contributed by atoms with Crippen LogP contribution in [0, 0.1) is 6.92 Å². The van der Waals surface area contributed by atoms with E-state index in [1.165, 1.54) is 0 Å². The second-order valence-electron chi connectivity index (χ2n) is 7.76. The summed E-state index contributed by atoms with van der Waals surface area (Å²) >= 11 is 9.61. The summed E-state index contributed by atoms with van der Waals surface area (Å²) < 4.78 is 0.957. The summed E-state index contributed by atoms with van der Waals surface area (Å²) in [6.45, 7) is 3.57. The fourth-order valence-corrected chi connectivity index (χ4v) is 4.35. The monoisotopic (exact) mass is 488 g/mol. The lowest BCUT2D eigenvalue weighted by molar-refractivity contribution is -0.119. The van der Waals surface area contributed by atoms with Crippen LogP contribution in [0.4, 0.5) is 5.69 Å². The zero-order valence-electron chi connectivity index (χ0n) is 16.5. The summed E-state index contributed by atoms with van der Waals surface area (Å²) in [5.41, 5.74) is 2.37. The second kappa shape index (κ2) is 8.49. The minimum atomic E-state index is -0.577. The van der Waals surface area contributed by atoms with Gasteiger partial charge in [-0.05, 0) is 36.8 Å². The lowest BCUT2D eigenvalue weighted by atomic mass is 9.98. The number of aryl methyl sites for hydroxylation is 1. The van der Waals surface area contributed by atoms with Crippen molar-refractivity contribution in [3.63, 3.8) is 0 Å². The van der Waals surface area contributed by atoms with E-state index in [1.54, 1.807) is 0 Å². The average Bonchev–Trinajstić information content (AvgIpc) is 3.03. The van der Waals surface area contributed by atoms with Crippen LogP contribution in [0.15, 0.2) is 51.9 Å². The van der Waals surface area contributed by atoms with Gasteiger partial charge in [0, 0.05) is 36.0 Å². The number of anilines is 1. The molecule has 2 aromatic carbocycles. The molecule has 30 heavy (non-hydrogen) atoms. The van der Waals surface area contributed by atoms with E-state index in [0.717, 1.165) is 15.6 Å². The van der Waals surface area contributed by atoms with E-state index < -0.39 is 5.66 Å². The maximum atomic E-state index is 12.5. The minimum absolute atomic E-state index is 0.105. The maximum absolute atomic E-state index is 12.5. The van der Waals surface area contributed by atoms with E-state index in [1.807, 2.05) is 49.4 Å². The zero-order chi connectivity index (χ0) is 21.3. The molecule has 0 radical (unpaired) electrons. The first-order valence-corrected chi connectivity index (χ1v) is 11.0. The molecule has 2 aliphatic heterocycles. The SMILES string of the molecule is Cc1ccc(NC(=O)CN2CCC3(CC2)N=C(c2ccc(Br)cc2)C(=O)N3)c(Cl)c1. The molecule has 2 heterocycles. The molecule has 2 N–H and O–H groups in total. The summed E-state index contributed by atoms with van der Waals surface area (Å²) in [4.78, 5) is 31.8. The lowest BCUT2D eigenvalue weighted by Gasteiger charge is -2.36. The highest BCUT2D eigenvalue weighted by Crippen LogP contribution is 2.29. The number of benzene rings is 2. The fourth-order valence-electron chi connectivity index (χ4n) is 3.80. The number of rotatable bonds is 4. The number of aliphatic imine (C=N–C) groups is 1. The molecule has 8 heteroatoms. The van der Waals surface area contributed by atoms with Crippen LogP contribution in [0.1, 0.15) is 24.0 Å². The Bertz CT molecular complexity index is 1010. The predicted octanol–water partition coefficient (Wildman–Crippen LogP) is 3.76. The Morgan fingerprint density at radius 3 is 2.60 bits per heavy atom. The van der Waals surface area contributed by atoms with Crippen LogP contribution in [-0.4, -0.2) is 47.7 Å². The van der Waals surface area contributed by atoms with Gasteiger partial charge in [-0.2, -0.15) is 0 Å². The van der Waals surface area contributed by atoms with Gasteiger partial charge in [0.05, 0.1) is 17.3 Å². The summed E-state index contributed by atoms with van der Waals surface area (Å²) in [7, 11) is 0. The van der Waals surface area contributed by atoms with Crippen molar-refractivity contribution < 1.29 is 9.59 Å². The van der Waals surface area contributed by atoms with Gasteiger partial charge in [0.25, 0.3) is 5.91 Å². The van der Waals surface area contributed by atoms with Crippen molar-refractivity contribution in [1.29, 1.82) is 0 Å². The number of halogens is 2. The van der Waals surface area contributed by atoms with Gasteiger partial charge in [-0.25, -0.2) is 0 Å². The van der Waals surface area contributed by atoms with Crippen LogP contribution in [-0.2, 0) is 9.59 Å². The average molecular weight is 490 g/mol. The van der Waals surface area contributed by atoms with Crippen LogP contribution in [0.3, 0.4) is 0 Å². The largest absolute Gasteiger partial charge is 0.326 e. The Hall–Kier alpha value is -2.22. The first-order valence-electron chi connectivity index (χ1n) is 9.80. The lowest BCUT2D eigenvalue weighted by Crippen LogP contribution is -2.52. The summed E-state index contributed by atoms with van der Waals surface area (Å²) in [6, 6.07) is 13.1. The minimum Gasteiger partial charge on any atom is -0.326 e. The molecule has 0 saturated carbocycles. The molecule has 0 atom stereocenters. The van der Waals surface area contributed by atoms with Crippen molar-refractivity contribution in [2.75, 3.05) is 25.0 Å². The van der Waals surface area contributed by atoms with Crippen LogP contribution < -0.4 is 10.6 Å². The molecule has 4 rings (SSSR count). The van der Waals surface area contributed by atoms with Crippen LogP contribution in [0.2, 0.25) is 5.02 Å². The summed E-state index contributed by atoms with van der Waals surface area (Å²) in [5, 5.41) is 6.46. The highest BCUT2D eigenvalue weighted by atomic mass is 79.9. The normalized spacial score (nSPS) is 18.2. The molecule has 156 valence electrons. The molecule has 0 bridgehead atoms. The van der Waals surface area contributed by atoms with Crippen molar-refractivity contribution >= 4 is 50.7 Å². The van der Waals surface area contributed by atoms with Crippen molar-refractivity contribution in [1.82, 2.24) is 10.2 Å². The van der Waals surface area contributed by atoms with Gasteiger partial charge in [-0.15, -0.1) is 0 Å². The molecule has 2 amide bonds. The number of carbonyl (C=O) groups excluding carboxylic acids is 2. The molecular formula is C22H22BrClN4O2.